The summed E-state index contributed by atoms with van der Waals surface area (Å²) in [6, 6.07) is 14.2. The fourth-order valence-corrected chi connectivity index (χ4v) is 3.44. The largest absolute Gasteiger partial charge is 0.489 e. The molecule has 1 aliphatic rings. The Bertz CT molecular complexity index is 585. The van der Waals surface area contributed by atoms with Crippen LogP contribution in [0.4, 0.5) is 5.69 Å². The van der Waals surface area contributed by atoms with Crippen molar-refractivity contribution in [1.29, 1.82) is 0 Å². The summed E-state index contributed by atoms with van der Waals surface area (Å²) >= 11 is 5.30. The van der Waals surface area contributed by atoms with Gasteiger partial charge < -0.3 is 10.5 Å². The third-order valence-electron chi connectivity index (χ3n) is 3.08. The van der Waals surface area contributed by atoms with E-state index in [1.165, 1.54) is 10.5 Å². The van der Waals surface area contributed by atoms with Crippen molar-refractivity contribution < 1.29 is 4.74 Å². The molecule has 0 saturated heterocycles. The number of thioether (sulfide) groups is 1. The molecule has 2 aromatic rings. The summed E-state index contributed by atoms with van der Waals surface area (Å²) in [5, 5.41) is 0. The molecule has 98 valence electrons. The lowest BCUT2D eigenvalue weighted by Crippen LogP contribution is -2.15. The van der Waals surface area contributed by atoms with Gasteiger partial charge in [-0.15, -0.1) is 11.8 Å². The van der Waals surface area contributed by atoms with E-state index < -0.39 is 0 Å². The van der Waals surface area contributed by atoms with E-state index >= 15 is 0 Å². The molecule has 0 aliphatic carbocycles. The first-order valence-electron chi connectivity index (χ1n) is 6.14. The Morgan fingerprint density at radius 2 is 2.00 bits per heavy atom. The molecular weight excluding hydrogens is 322 g/mol. The summed E-state index contributed by atoms with van der Waals surface area (Å²) in [6.45, 7) is 0. The minimum absolute atomic E-state index is 0.256. The van der Waals surface area contributed by atoms with Crippen molar-refractivity contribution in [2.45, 2.75) is 17.4 Å². The van der Waals surface area contributed by atoms with Crippen molar-refractivity contribution in [3.8, 4) is 5.75 Å². The summed E-state index contributed by atoms with van der Waals surface area (Å²) < 4.78 is 7.05. The van der Waals surface area contributed by atoms with Crippen molar-refractivity contribution in [3.63, 3.8) is 0 Å². The van der Waals surface area contributed by atoms with E-state index in [1.807, 2.05) is 36.0 Å². The summed E-state index contributed by atoms with van der Waals surface area (Å²) in [5.74, 6) is 1.97. The SMILES string of the molecule is Nc1ccc(SCC2Cc3cc(Br)ccc3O2)cc1. The van der Waals surface area contributed by atoms with E-state index in [4.69, 9.17) is 10.5 Å². The standard InChI is InChI=1S/C15H14BrNOS/c16-11-1-6-15-10(7-11)8-13(18-15)9-19-14-4-2-12(17)3-5-14/h1-7,13H,8-9,17H2. The Morgan fingerprint density at radius 1 is 1.21 bits per heavy atom. The second kappa shape index (κ2) is 5.47. The van der Waals surface area contributed by atoms with Gasteiger partial charge in [-0.3, -0.25) is 0 Å². The van der Waals surface area contributed by atoms with Crippen LogP contribution < -0.4 is 10.5 Å². The molecule has 3 rings (SSSR count). The number of hydrogen-bond donors (Lipinski definition) is 1. The molecule has 0 amide bonds. The highest BCUT2D eigenvalue weighted by Gasteiger charge is 2.22. The van der Waals surface area contributed by atoms with E-state index in [2.05, 4.69) is 34.1 Å². The normalized spacial score (nSPS) is 17.0. The molecule has 0 saturated carbocycles. The summed E-state index contributed by atoms with van der Waals surface area (Å²) in [5.41, 5.74) is 7.77. The van der Waals surface area contributed by atoms with E-state index in [9.17, 15) is 0 Å². The average molecular weight is 336 g/mol. The number of nitrogens with two attached hydrogens (primary N) is 1. The zero-order valence-corrected chi connectivity index (χ0v) is 12.7. The predicted octanol–water partition coefficient (Wildman–Crippen LogP) is 4.13. The molecule has 0 spiro atoms. The number of rotatable bonds is 3. The van der Waals surface area contributed by atoms with Gasteiger partial charge in [0, 0.05) is 27.2 Å². The van der Waals surface area contributed by atoms with Gasteiger partial charge in [-0.05, 0) is 48.0 Å². The third-order valence-corrected chi connectivity index (χ3v) is 4.72. The van der Waals surface area contributed by atoms with Gasteiger partial charge in [0.25, 0.3) is 0 Å². The van der Waals surface area contributed by atoms with E-state index in [-0.39, 0.29) is 6.10 Å². The van der Waals surface area contributed by atoms with Crippen LogP contribution in [0.1, 0.15) is 5.56 Å². The van der Waals surface area contributed by atoms with Crippen molar-refractivity contribution in [2.75, 3.05) is 11.5 Å². The lowest BCUT2D eigenvalue weighted by Gasteiger charge is -2.10. The number of hydrogen-bond acceptors (Lipinski definition) is 3. The minimum atomic E-state index is 0.256. The molecule has 2 nitrogen and oxygen atoms in total. The van der Waals surface area contributed by atoms with Crippen LogP contribution in [0.3, 0.4) is 0 Å². The molecule has 19 heavy (non-hydrogen) atoms. The molecule has 1 unspecified atom stereocenters. The topological polar surface area (TPSA) is 35.2 Å². The molecule has 1 heterocycles. The minimum Gasteiger partial charge on any atom is -0.489 e. The fourth-order valence-electron chi connectivity index (χ4n) is 2.14. The maximum absolute atomic E-state index is 5.94. The van der Waals surface area contributed by atoms with Gasteiger partial charge in [0.2, 0.25) is 0 Å². The molecule has 2 aromatic carbocycles. The molecule has 1 aliphatic heterocycles. The number of benzene rings is 2. The van der Waals surface area contributed by atoms with E-state index in [0.717, 1.165) is 28.1 Å². The van der Waals surface area contributed by atoms with Crippen molar-refractivity contribution in [3.05, 3.63) is 52.5 Å². The van der Waals surface area contributed by atoms with Crippen LogP contribution in [0, 0.1) is 0 Å². The molecule has 1 atom stereocenters. The van der Waals surface area contributed by atoms with Crippen LogP contribution in [0.2, 0.25) is 0 Å². The highest BCUT2D eigenvalue weighted by molar-refractivity contribution is 9.10. The lowest BCUT2D eigenvalue weighted by atomic mass is 10.1. The maximum atomic E-state index is 5.94. The van der Waals surface area contributed by atoms with Crippen LogP contribution in [0.25, 0.3) is 0 Å². The number of nitrogen functional groups attached to an aromatic ring is 1. The first-order chi connectivity index (χ1) is 9.20. The van der Waals surface area contributed by atoms with Gasteiger partial charge in [0.05, 0.1) is 0 Å². The Labute approximate surface area is 125 Å². The van der Waals surface area contributed by atoms with Crippen LogP contribution in [-0.4, -0.2) is 11.9 Å². The molecular formula is C15H14BrNOS. The smallest absolute Gasteiger partial charge is 0.123 e. The third kappa shape index (κ3) is 3.07. The first-order valence-corrected chi connectivity index (χ1v) is 7.92. The van der Waals surface area contributed by atoms with Crippen molar-refractivity contribution in [2.24, 2.45) is 0 Å². The number of ether oxygens (including phenoxy) is 1. The summed E-state index contributed by atoms with van der Waals surface area (Å²) in [7, 11) is 0. The molecule has 0 aromatic heterocycles. The average Bonchev–Trinajstić information content (AvgIpc) is 2.80. The Balaban J connectivity index is 1.60. The van der Waals surface area contributed by atoms with Crippen LogP contribution in [-0.2, 0) is 6.42 Å². The second-order valence-electron chi connectivity index (χ2n) is 4.58. The van der Waals surface area contributed by atoms with Gasteiger partial charge in [0.1, 0.15) is 11.9 Å². The monoisotopic (exact) mass is 335 g/mol. The van der Waals surface area contributed by atoms with Gasteiger partial charge in [0.15, 0.2) is 0 Å². The van der Waals surface area contributed by atoms with Gasteiger partial charge >= 0.3 is 0 Å². The zero-order valence-electron chi connectivity index (χ0n) is 10.3. The van der Waals surface area contributed by atoms with Gasteiger partial charge in [-0.2, -0.15) is 0 Å². The lowest BCUT2D eigenvalue weighted by molar-refractivity contribution is 0.259. The van der Waals surface area contributed by atoms with Crippen LogP contribution >= 0.6 is 27.7 Å². The molecule has 4 heteroatoms. The molecule has 0 radical (unpaired) electrons. The highest BCUT2D eigenvalue weighted by atomic mass is 79.9. The van der Waals surface area contributed by atoms with Crippen LogP contribution in [0.15, 0.2) is 51.8 Å². The van der Waals surface area contributed by atoms with Crippen molar-refractivity contribution >= 4 is 33.4 Å². The fraction of sp³-hybridized carbons (Fsp3) is 0.200. The van der Waals surface area contributed by atoms with Crippen molar-refractivity contribution in [1.82, 2.24) is 0 Å². The molecule has 0 bridgehead atoms. The maximum Gasteiger partial charge on any atom is 0.123 e. The van der Waals surface area contributed by atoms with E-state index in [1.54, 1.807) is 0 Å². The Kier molecular flexibility index (Phi) is 3.71. The number of fused-ring (bicyclic) bond motifs is 1. The zero-order chi connectivity index (χ0) is 13.2. The summed E-state index contributed by atoms with van der Waals surface area (Å²) in [6.07, 6.45) is 1.24. The summed E-state index contributed by atoms with van der Waals surface area (Å²) in [4.78, 5) is 1.23. The Hall–Kier alpha value is -1.13. The van der Waals surface area contributed by atoms with Crippen LogP contribution in [0.5, 0.6) is 5.75 Å². The predicted molar refractivity (Wildman–Crippen MR) is 83.8 cm³/mol. The quantitative estimate of drug-likeness (QED) is 0.676. The highest BCUT2D eigenvalue weighted by Crippen LogP contribution is 2.33. The second-order valence-corrected chi connectivity index (χ2v) is 6.59. The molecule has 2 N–H and O–H groups in total. The molecule has 0 fully saturated rings. The van der Waals surface area contributed by atoms with Gasteiger partial charge in [-0.25, -0.2) is 0 Å². The first kappa shape index (κ1) is 12.9. The number of halogens is 1. The van der Waals surface area contributed by atoms with Gasteiger partial charge in [-0.1, -0.05) is 15.9 Å². The van der Waals surface area contributed by atoms with E-state index in [0.29, 0.717) is 0 Å². The number of anilines is 1. The Morgan fingerprint density at radius 3 is 2.79 bits per heavy atom.